The summed E-state index contributed by atoms with van der Waals surface area (Å²) in [7, 11) is 0. The topological polar surface area (TPSA) is 44.3 Å². The molecule has 0 spiro atoms. The fraction of sp³-hybridized carbons (Fsp3) is 1.00. The van der Waals surface area contributed by atoms with Crippen molar-refractivity contribution in [1.82, 2.24) is 5.48 Å². The molecule has 3 nitrogen and oxygen atoms in total. The highest BCUT2D eigenvalue weighted by molar-refractivity contribution is 4.49. The quantitative estimate of drug-likeness (QED) is 0.296. The van der Waals surface area contributed by atoms with Crippen LogP contribution in [-0.2, 0) is 4.74 Å². The van der Waals surface area contributed by atoms with Gasteiger partial charge in [-0.1, -0.05) is 77.6 Å². The first kappa shape index (κ1) is 19.9. The first-order valence-corrected chi connectivity index (χ1v) is 8.84. The van der Waals surface area contributed by atoms with E-state index < -0.39 is 0 Å². The lowest BCUT2D eigenvalue weighted by molar-refractivity contribution is 0.128. The average molecular weight is 286 g/mol. The van der Waals surface area contributed by atoms with E-state index >= 15 is 0 Å². The fourth-order valence-electron chi connectivity index (χ4n) is 2.39. The van der Waals surface area contributed by atoms with Gasteiger partial charge in [-0.3, -0.25) is 0 Å². The summed E-state index contributed by atoms with van der Waals surface area (Å²) in [4.78, 5) is 0. The van der Waals surface area contributed by atoms with Gasteiger partial charge in [0.25, 0.3) is 0 Å². The number of ether oxygens (including phenoxy) is 1. The molecule has 0 aliphatic heterocycles. The van der Waals surface area contributed by atoms with Crippen molar-refractivity contribution in [2.24, 2.45) is 0 Å². The first-order valence-electron chi connectivity index (χ1n) is 8.84. The van der Waals surface area contributed by atoms with Crippen molar-refractivity contribution in [3.63, 3.8) is 0 Å². The highest BCUT2D eigenvalue weighted by atomic mass is 16.5. The summed E-state index contributed by atoms with van der Waals surface area (Å²) in [5, 5.41) is 9.97. The van der Waals surface area contributed by atoms with E-state index in [4.69, 9.17) is 4.74 Å². The van der Waals surface area contributed by atoms with Crippen LogP contribution in [0.3, 0.4) is 0 Å². The summed E-state index contributed by atoms with van der Waals surface area (Å²) in [6.45, 7) is 4.36. The molecule has 0 saturated carbocycles. The number of unbranched alkanes of at least 4 members (excludes halogenated alkanes) is 11. The van der Waals surface area contributed by atoms with Gasteiger partial charge in [0.1, 0.15) is 0 Å². The lowest BCUT2D eigenvalue weighted by atomic mass is 10.1. The van der Waals surface area contributed by atoms with Crippen LogP contribution < -0.4 is 5.48 Å². The Kier molecular flexibility index (Phi) is 18.8. The maximum Gasteiger partial charge on any atom is 0.0477 e. The second-order valence-corrected chi connectivity index (χ2v) is 5.75. The molecule has 0 aliphatic rings. The second kappa shape index (κ2) is 18.9. The van der Waals surface area contributed by atoms with Crippen LogP contribution in [0.5, 0.6) is 0 Å². The van der Waals surface area contributed by atoms with Crippen molar-refractivity contribution in [2.75, 3.05) is 19.8 Å². The lowest BCUT2D eigenvalue weighted by Gasteiger charge is -2.07. The molecule has 122 valence electrons. The van der Waals surface area contributed by atoms with Gasteiger partial charge in [0.05, 0.1) is 0 Å². The second-order valence-electron chi connectivity index (χ2n) is 5.75. The molecule has 0 rings (SSSR count). The van der Waals surface area contributed by atoms with E-state index in [1.54, 1.807) is 0 Å². The Balaban J connectivity index is 2.89. The zero-order chi connectivity index (χ0) is 14.7. The number of rotatable bonds is 17. The van der Waals surface area contributed by atoms with E-state index in [-0.39, 0.29) is 0 Å². The predicted octanol–water partition coefficient (Wildman–Crippen LogP) is 5.18. The van der Waals surface area contributed by atoms with Gasteiger partial charge in [-0.15, -0.1) is 0 Å². The standard InChI is InChI=1S/C17H36NO2/c1-2-3-4-5-6-7-8-9-10-11-12-13-16-20-17-14-15-18-19/h18H,2-17H2,1H3/q-1. The van der Waals surface area contributed by atoms with Crippen LogP contribution in [0.2, 0.25) is 0 Å². The normalized spacial score (nSPS) is 11.1. The summed E-state index contributed by atoms with van der Waals surface area (Å²) >= 11 is 0. The van der Waals surface area contributed by atoms with Crippen LogP contribution in [0.4, 0.5) is 0 Å². The largest absolute Gasteiger partial charge is 0.788 e. The van der Waals surface area contributed by atoms with Crippen LogP contribution in [0, 0.1) is 5.21 Å². The Labute approximate surface area is 126 Å². The zero-order valence-corrected chi connectivity index (χ0v) is 13.6. The molecule has 0 unspecified atom stereocenters. The Morgan fingerprint density at radius 3 is 1.60 bits per heavy atom. The van der Waals surface area contributed by atoms with Gasteiger partial charge in [0.2, 0.25) is 0 Å². The zero-order valence-electron chi connectivity index (χ0n) is 13.6. The summed E-state index contributed by atoms with van der Waals surface area (Å²) < 4.78 is 5.45. The molecular weight excluding hydrogens is 250 g/mol. The monoisotopic (exact) mass is 286 g/mol. The van der Waals surface area contributed by atoms with Crippen molar-refractivity contribution in [3.8, 4) is 0 Å². The molecule has 0 bridgehead atoms. The number of hydroxylamine groups is 1. The molecule has 1 N–H and O–H groups in total. The smallest absolute Gasteiger partial charge is 0.0477 e. The Morgan fingerprint density at radius 2 is 1.10 bits per heavy atom. The Bertz CT molecular complexity index is 147. The van der Waals surface area contributed by atoms with E-state index in [2.05, 4.69) is 6.92 Å². The molecule has 0 aromatic heterocycles. The van der Waals surface area contributed by atoms with Crippen LogP contribution in [0.1, 0.15) is 90.4 Å². The summed E-state index contributed by atoms with van der Waals surface area (Å²) in [5.74, 6) is 0. The summed E-state index contributed by atoms with van der Waals surface area (Å²) in [6.07, 6.45) is 17.3. The molecular formula is C17H36NO2-. The van der Waals surface area contributed by atoms with Gasteiger partial charge in [0, 0.05) is 13.2 Å². The van der Waals surface area contributed by atoms with Crippen LogP contribution in [0.15, 0.2) is 0 Å². The van der Waals surface area contributed by atoms with Crippen LogP contribution in [-0.4, -0.2) is 19.8 Å². The molecule has 0 heterocycles. The van der Waals surface area contributed by atoms with Crippen LogP contribution in [0.25, 0.3) is 0 Å². The van der Waals surface area contributed by atoms with Crippen molar-refractivity contribution < 1.29 is 4.74 Å². The minimum atomic E-state index is 0.512. The molecule has 3 heteroatoms. The van der Waals surface area contributed by atoms with Crippen molar-refractivity contribution in [1.29, 1.82) is 0 Å². The van der Waals surface area contributed by atoms with Gasteiger partial charge >= 0.3 is 0 Å². The highest BCUT2D eigenvalue weighted by Crippen LogP contribution is 2.11. The summed E-state index contributed by atoms with van der Waals surface area (Å²) in [6, 6.07) is 0. The van der Waals surface area contributed by atoms with Gasteiger partial charge in [-0.25, -0.2) is 0 Å². The third kappa shape index (κ3) is 17.9. The minimum absolute atomic E-state index is 0.512. The van der Waals surface area contributed by atoms with E-state index in [9.17, 15) is 5.21 Å². The number of hydrogen-bond acceptors (Lipinski definition) is 3. The molecule has 0 radical (unpaired) electrons. The van der Waals surface area contributed by atoms with E-state index in [1.165, 1.54) is 77.0 Å². The van der Waals surface area contributed by atoms with E-state index in [0.29, 0.717) is 13.2 Å². The van der Waals surface area contributed by atoms with Gasteiger partial charge in [0.15, 0.2) is 0 Å². The van der Waals surface area contributed by atoms with E-state index in [1.807, 2.05) is 5.48 Å². The molecule has 0 atom stereocenters. The highest BCUT2D eigenvalue weighted by Gasteiger charge is 1.93. The van der Waals surface area contributed by atoms with Crippen molar-refractivity contribution >= 4 is 0 Å². The van der Waals surface area contributed by atoms with Gasteiger partial charge in [-0.2, -0.15) is 0 Å². The molecule has 0 amide bonds. The fourth-order valence-corrected chi connectivity index (χ4v) is 2.39. The summed E-state index contributed by atoms with van der Waals surface area (Å²) in [5.41, 5.74) is 1.89. The maximum absolute atomic E-state index is 9.97. The maximum atomic E-state index is 9.97. The number of hydrogen-bond donors (Lipinski definition) is 1. The third-order valence-corrected chi connectivity index (χ3v) is 3.71. The molecule has 20 heavy (non-hydrogen) atoms. The van der Waals surface area contributed by atoms with Crippen LogP contribution >= 0.6 is 0 Å². The molecule has 0 aromatic carbocycles. The Hall–Kier alpha value is -0.120. The van der Waals surface area contributed by atoms with Gasteiger partial charge < -0.3 is 15.4 Å². The molecule has 0 saturated heterocycles. The lowest BCUT2D eigenvalue weighted by Crippen LogP contribution is -2.08. The molecule has 0 aliphatic carbocycles. The number of nitrogens with one attached hydrogen (secondary N) is 1. The van der Waals surface area contributed by atoms with Crippen molar-refractivity contribution in [3.05, 3.63) is 5.21 Å². The minimum Gasteiger partial charge on any atom is -0.788 e. The first-order chi connectivity index (χ1) is 9.91. The van der Waals surface area contributed by atoms with E-state index in [0.717, 1.165) is 13.0 Å². The molecule has 0 aromatic rings. The average Bonchev–Trinajstić information content (AvgIpc) is 2.47. The SMILES string of the molecule is CCCCCCCCCCCCCCOCCCN[O-]. The Morgan fingerprint density at radius 1 is 0.650 bits per heavy atom. The van der Waals surface area contributed by atoms with Gasteiger partial charge in [-0.05, 0) is 19.4 Å². The third-order valence-electron chi connectivity index (χ3n) is 3.71. The predicted molar refractivity (Wildman–Crippen MR) is 87.9 cm³/mol. The molecule has 0 fully saturated rings. The van der Waals surface area contributed by atoms with Crippen molar-refractivity contribution in [2.45, 2.75) is 90.4 Å².